The minimum Gasteiger partial charge on any atom is -0.496 e. The second-order valence-corrected chi connectivity index (χ2v) is 5.85. The quantitative estimate of drug-likeness (QED) is 0.837. The fourth-order valence-electron chi connectivity index (χ4n) is 2.05. The highest BCUT2D eigenvalue weighted by molar-refractivity contribution is 7.98. The number of rotatable bonds is 5. The number of benzene rings is 1. The fraction of sp³-hybridized carbons (Fsp3) is 0.500. The molecule has 0 bridgehead atoms. The molecule has 1 fully saturated rings. The van der Waals surface area contributed by atoms with Gasteiger partial charge in [-0.25, -0.2) is 0 Å². The van der Waals surface area contributed by atoms with E-state index in [0.29, 0.717) is 6.54 Å². The number of carbonyl (C=O) groups is 1. The van der Waals surface area contributed by atoms with Crippen LogP contribution >= 0.6 is 11.8 Å². The maximum Gasteiger partial charge on any atom is 0.242 e. The maximum atomic E-state index is 12.1. The Labute approximate surface area is 118 Å². The molecule has 0 spiro atoms. The first-order chi connectivity index (χ1) is 9.00. The van der Waals surface area contributed by atoms with Crippen LogP contribution < -0.4 is 10.5 Å². The van der Waals surface area contributed by atoms with Crippen LogP contribution in [0, 0.1) is 0 Å². The van der Waals surface area contributed by atoms with Crippen LogP contribution in [0.25, 0.3) is 0 Å². The zero-order valence-electron chi connectivity index (χ0n) is 11.6. The molecule has 1 aromatic carbocycles. The van der Waals surface area contributed by atoms with Crippen molar-refractivity contribution in [3.8, 4) is 5.75 Å². The third-order valence-electron chi connectivity index (χ3n) is 3.43. The number of nitrogens with two attached hydrogens (primary N) is 1. The van der Waals surface area contributed by atoms with Gasteiger partial charge in [0.1, 0.15) is 5.75 Å². The van der Waals surface area contributed by atoms with Crippen molar-refractivity contribution < 1.29 is 9.53 Å². The molecule has 1 aromatic rings. The van der Waals surface area contributed by atoms with Crippen molar-refractivity contribution in [2.24, 2.45) is 5.73 Å². The van der Waals surface area contributed by atoms with E-state index < -0.39 is 5.54 Å². The van der Waals surface area contributed by atoms with E-state index in [2.05, 4.69) is 0 Å². The van der Waals surface area contributed by atoms with Gasteiger partial charge in [0.2, 0.25) is 5.91 Å². The summed E-state index contributed by atoms with van der Waals surface area (Å²) < 4.78 is 5.35. The van der Waals surface area contributed by atoms with Crippen LogP contribution in [0.15, 0.2) is 23.1 Å². The topological polar surface area (TPSA) is 55.6 Å². The summed E-state index contributed by atoms with van der Waals surface area (Å²) in [6.45, 7) is 0.558. The minimum atomic E-state index is -0.599. The summed E-state index contributed by atoms with van der Waals surface area (Å²) in [6.07, 6.45) is 3.61. The first-order valence-electron chi connectivity index (χ1n) is 6.25. The van der Waals surface area contributed by atoms with Gasteiger partial charge in [0.05, 0.1) is 12.6 Å². The molecule has 0 aromatic heterocycles. The summed E-state index contributed by atoms with van der Waals surface area (Å²) in [6, 6.07) is 6.02. The van der Waals surface area contributed by atoms with Crippen LogP contribution in [0.1, 0.15) is 18.4 Å². The lowest BCUT2D eigenvalue weighted by Crippen LogP contribution is -2.43. The maximum absolute atomic E-state index is 12.1. The van der Waals surface area contributed by atoms with Crippen molar-refractivity contribution in [1.82, 2.24) is 4.90 Å². The number of methoxy groups -OCH3 is 1. The molecule has 2 rings (SSSR count). The summed E-state index contributed by atoms with van der Waals surface area (Å²) in [5.41, 5.74) is 6.38. The minimum absolute atomic E-state index is 0.0282. The van der Waals surface area contributed by atoms with Crippen molar-refractivity contribution in [2.45, 2.75) is 29.8 Å². The normalized spacial score (nSPS) is 16.0. The Kier molecular flexibility index (Phi) is 4.06. The summed E-state index contributed by atoms with van der Waals surface area (Å²) in [5, 5.41) is 0. The lowest BCUT2D eigenvalue weighted by molar-refractivity contribution is -0.132. The van der Waals surface area contributed by atoms with Gasteiger partial charge >= 0.3 is 0 Å². The highest BCUT2D eigenvalue weighted by atomic mass is 32.2. The van der Waals surface area contributed by atoms with Gasteiger partial charge < -0.3 is 15.4 Å². The molecular formula is C14H20N2O2S. The van der Waals surface area contributed by atoms with E-state index in [9.17, 15) is 4.79 Å². The molecule has 4 nitrogen and oxygen atoms in total. The molecule has 1 aliphatic rings. The van der Waals surface area contributed by atoms with Crippen molar-refractivity contribution in [2.75, 3.05) is 20.4 Å². The smallest absolute Gasteiger partial charge is 0.242 e. The van der Waals surface area contributed by atoms with E-state index in [0.717, 1.165) is 29.1 Å². The molecule has 0 atom stereocenters. The Morgan fingerprint density at radius 1 is 1.53 bits per heavy atom. The molecule has 2 N–H and O–H groups in total. The number of hydrogen-bond donors (Lipinski definition) is 1. The van der Waals surface area contributed by atoms with Crippen molar-refractivity contribution in [1.29, 1.82) is 0 Å². The average Bonchev–Trinajstić information content (AvgIpc) is 3.16. The van der Waals surface area contributed by atoms with Crippen molar-refractivity contribution in [3.63, 3.8) is 0 Å². The largest absolute Gasteiger partial charge is 0.496 e. The van der Waals surface area contributed by atoms with Gasteiger partial charge in [-0.2, -0.15) is 0 Å². The predicted molar refractivity (Wildman–Crippen MR) is 77.4 cm³/mol. The Morgan fingerprint density at radius 3 is 2.74 bits per heavy atom. The number of thioether (sulfide) groups is 1. The number of hydrogen-bond acceptors (Lipinski definition) is 4. The van der Waals surface area contributed by atoms with Gasteiger partial charge in [-0.05, 0) is 36.8 Å². The zero-order valence-corrected chi connectivity index (χ0v) is 12.4. The third kappa shape index (κ3) is 3.04. The van der Waals surface area contributed by atoms with Crippen molar-refractivity contribution in [3.05, 3.63) is 23.8 Å². The van der Waals surface area contributed by atoms with E-state index in [1.165, 1.54) is 0 Å². The van der Waals surface area contributed by atoms with Gasteiger partial charge in [0.25, 0.3) is 0 Å². The van der Waals surface area contributed by atoms with Gasteiger partial charge in [0, 0.05) is 18.5 Å². The van der Waals surface area contributed by atoms with E-state index in [4.69, 9.17) is 10.5 Å². The number of carbonyl (C=O) groups excluding carboxylic acids is 1. The van der Waals surface area contributed by atoms with E-state index >= 15 is 0 Å². The van der Waals surface area contributed by atoms with Crippen LogP contribution in [0.5, 0.6) is 5.75 Å². The van der Waals surface area contributed by atoms with Crippen LogP contribution in [-0.2, 0) is 11.3 Å². The standard InChI is InChI=1S/C14H20N2O2S/c1-16(13(17)14(15)6-7-14)9-10-4-5-12(19-3)11(8-10)18-2/h4-5,8H,6-7,9,15H2,1-3H3. The van der Waals surface area contributed by atoms with Crippen molar-refractivity contribution >= 4 is 17.7 Å². The monoisotopic (exact) mass is 280 g/mol. The molecule has 5 heteroatoms. The molecule has 1 amide bonds. The van der Waals surface area contributed by atoms with Gasteiger partial charge in [-0.3, -0.25) is 4.79 Å². The number of amides is 1. The number of likely N-dealkylation sites (N-methyl/N-ethyl adjacent to an activating group) is 1. The fourth-order valence-corrected chi connectivity index (χ4v) is 2.60. The third-order valence-corrected chi connectivity index (χ3v) is 4.21. The van der Waals surface area contributed by atoms with E-state index in [-0.39, 0.29) is 5.91 Å². The zero-order chi connectivity index (χ0) is 14.0. The number of ether oxygens (including phenoxy) is 1. The molecule has 19 heavy (non-hydrogen) atoms. The number of nitrogens with zero attached hydrogens (tertiary/aromatic N) is 1. The average molecular weight is 280 g/mol. The van der Waals surface area contributed by atoms with E-state index in [1.807, 2.05) is 24.5 Å². The van der Waals surface area contributed by atoms with Gasteiger partial charge in [-0.1, -0.05) is 6.07 Å². The van der Waals surface area contributed by atoms with Crippen LogP contribution in [-0.4, -0.2) is 36.8 Å². The van der Waals surface area contributed by atoms with Crippen LogP contribution in [0.2, 0.25) is 0 Å². The van der Waals surface area contributed by atoms with Crippen LogP contribution in [0.3, 0.4) is 0 Å². The molecular weight excluding hydrogens is 260 g/mol. The van der Waals surface area contributed by atoms with Crippen LogP contribution in [0.4, 0.5) is 0 Å². The summed E-state index contributed by atoms with van der Waals surface area (Å²) >= 11 is 1.64. The summed E-state index contributed by atoms with van der Waals surface area (Å²) in [5.74, 6) is 0.875. The lowest BCUT2D eigenvalue weighted by Gasteiger charge is -2.21. The molecule has 1 aliphatic carbocycles. The molecule has 0 saturated heterocycles. The Bertz CT molecular complexity index is 486. The molecule has 0 unspecified atom stereocenters. The summed E-state index contributed by atoms with van der Waals surface area (Å²) in [7, 11) is 3.46. The molecule has 104 valence electrons. The Hall–Kier alpha value is -1.20. The highest BCUT2D eigenvalue weighted by Gasteiger charge is 2.47. The lowest BCUT2D eigenvalue weighted by atomic mass is 10.2. The second-order valence-electron chi connectivity index (χ2n) is 5.01. The summed E-state index contributed by atoms with van der Waals surface area (Å²) in [4.78, 5) is 14.9. The first kappa shape index (κ1) is 14.2. The second kappa shape index (κ2) is 5.43. The Balaban J connectivity index is 2.08. The highest BCUT2D eigenvalue weighted by Crippen LogP contribution is 2.34. The molecule has 0 heterocycles. The SMILES string of the molecule is COc1cc(CN(C)C(=O)C2(N)CC2)ccc1SC. The van der Waals surface area contributed by atoms with E-state index in [1.54, 1.807) is 30.8 Å². The van der Waals surface area contributed by atoms with Gasteiger partial charge in [0.15, 0.2) is 0 Å². The molecule has 0 radical (unpaired) electrons. The molecule has 0 aliphatic heterocycles. The first-order valence-corrected chi connectivity index (χ1v) is 7.48. The predicted octanol–water partition coefficient (Wildman–Crippen LogP) is 1.87. The Morgan fingerprint density at radius 2 is 2.21 bits per heavy atom. The molecule has 1 saturated carbocycles. The van der Waals surface area contributed by atoms with Gasteiger partial charge in [-0.15, -0.1) is 11.8 Å².